The number of carboxylic acids is 1. The number of carbonyl (C=O) groups is 1. The number of nitrogens with zero attached hydrogens (tertiary/aromatic N) is 1. The second kappa shape index (κ2) is 5.44. The molecule has 1 aliphatic rings. The summed E-state index contributed by atoms with van der Waals surface area (Å²) in [5.74, 6) is 0.140. The maximum atomic E-state index is 11.0. The Labute approximate surface area is 120 Å². The van der Waals surface area contributed by atoms with Crippen molar-refractivity contribution < 1.29 is 14.6 Å². The fourth-order valence-electron chi connectivity index (χ4n) is 2.62. The van der Waals surface area contributed by atoms with E-state index in [0.29, 0.717) is 6.54 Å². The van der Waals surface area contributed by atoms with E-state index in [1.807, 2.05) is 30.9 Å². The van der Waals surface area contributed by atoms with Crippen molar-refractivity contribution in [1.82, 2.24) is 4.90 Å². The molecule has 0 amide bonds. The van der Waals surface area contributed by atoms with Crippen molar-refractivity contribution in [3.63, 3.8) is 0 Å². The molecule has 20 heavy (non-hydrogen) atoms. The highest BCUT2D eigenvalue weighted by Gasteiger charge is 2.32. The summed E-state index contributed by atoms with van der Waals surface area (Å²) in [5, 5.41) is 9.01. The number of hydrogen-bond donors (Lipinski definition) is 1. The second-order valence-corrected chi connectivity index (χ2v) is 6.34. The van der Waals surface area contributed by atoms with Crippen LogP contribution in [0.1, 0.15) is 38.8 Å². The number of hydrogen-bond acceptors (Lipinski definition) is 3. The van der Waals surface area contributed by atoms with Crippen LogP contribution in [-0.4, -0.2) is 34.2 Å². The quantitative estimate of drug-likeness (QED) is 0.899. The number of benzene rings is 1. The molecule has 110 valence electrons. The third-order valence-electron chi connectivity index (χ3n) is 3.61. The van der Waals surface area contributed by atoms with E-state index in [1.165, 1.54) is 5.56 Å². The molecule has 4 heteroatoms. The van der Waals surface area contributed by atoms with Crippen LogP contribution in [0.25, 0.3) is 0 Å². The first kappa shape index (κ1) is 14.9. The van der Waals surface area contributed by atoms with Gasteiger partial charge in [-0.05, 0) is 33.3 Å². The normalized spacial score (nSPS) is 16.3. The number of carboxylic acid groups (broad SMARTS) is 1. The molecule has 1 aliphatic heterocycles. The minimum atomic E-state index is -0.799. The van der Waals surface area contributed by atoms with E-state index in [9.17, 15) is 4.79 Å². The van der Waals surface area contributed by atoms with E-state index >= 15 is 0 Å². The van der Waals surface area contributed by atoms with Crippen LogP contribution >= 0.6 is 0 Å². The lowest BCUT2D eigenvalue weighted by Crippen LogP contribution is -2.35. The van der Waals surface area contributed by atoms with Gasteiger partial charge in [0.25, 0.3) is 0 Å². The van der Waals surface area contributed by atoms with E-state index in [4.69, 9.17) is 9.84 Å². The summed E-state index contributed by atoms with van der Waals surface area (Å²) in [7, 11) is 0. The molecule has 0 aromatic heterocycles. The first-order valence-electron chi connectivity index (χ1n) is 7.04. The number of fused-ring (bicyclic) bond motifs is 1. The van der Waals surface area contributed by atoms with Crippen molar-refractivity contribution in [2.24, 2.45) is 0 Å². The first-order valence-corrected chi connectivity index (χ1v) is 7.04. The average Bonchev–Trinajstić information content (AvgIpc) is 2.62. The summed E-state index contributed by atoms with van der Waals surface area (Å²) in [6.07, 6.45) is 0.900. The third kappa shape index (κ3) is 3.31. The van der Waals surface area contributed by atoms with Gasteiger partial charge < -0.3 is 9.84 Å². The lowest BCUT2D eigenvalue weighted by molar-refractivity contribution is -0.139. The summed E-state index contributed by atoms with van der Waals surface area (Å²) >= 11 is 0. The molecular formula is C16H23NO3. The van der Waals surface area contributed by atoms with Crippen molar-refractivity contribution in [1.29, 1.82) is 0 Å². The van der Waals surface area contributed by atoms with Crippen LogP contribution in [0, 0.1) is 0 Å². The van der Waals surface area contributed by atoms with E-state index in [2.05, 4.69) is 19.9 Å². The molecule has 0 spiro atoms. The van der Waals surface area contributed by atoms with Gasteiger partial charge in [0.05, 0.1) is 6.54 Å². The fourth-order valence-corrected chi connectivity index (χ4v) is 2.62. The largest absolute Gasteiger partial charge is 0.487 e. The number of ether oxygens (including phenoxy) is 1. The maximum absolute atomic E-state index is 11.0. The van der Waals surface area contributed by atoms with Crippen molar-refractivity contribution in [2.45, 2.75) is 52.3 Å². The lowest BCUT2D eigenvalue weighted by Gasteiger charge is -2.26. The smallest absolute Gasteiger partial charge is 0.317 e. The summed E-state index contributed by atoms with van der Waals surface area (Å²) in [4.78, 5) is 12.9. The Morgan fingerprint density at radius 3 is 2.75 bits per heavy atom. The topological polar surface area (TPSA) is 49.8 Å². The molecule has 0 saturated carbocycles. The van der Waals surface area contributed by atoms with Gasteiger partial charge in [-0.1, -0.05) is 18.2 Å². The number of aliphatic carboxylic acids is 1. The predicted molar refractivity (Wildman–Crippen MR) is 78.0 cm³/mol. The minimum absolute atomic E-state index is 0.0464. The summed E-state index contributed by atoms with van der Waals surface area (Å²) in [5.41, 5.74) is 2.11. The number of para-hydroxylation sites is 1. The number of rotatable bonds is 5. The monoisotopic (exact) mass is 277 g/mol. The van der Waals surface area contributed by atoms with E-state index in [-0.39, 0.29) is 18.2 Å². The molecule has 1 heterocycles. The Hall–Kier alpha value is -1.55. The third-order valence-corrected chi connectivity index (χ3v) is 3.61. The summed E-state index contributed by atoms with van der Waals surface area (Å²) in [6, 6.07) is 6.32. The Morgan fingerprint density at radius 1 is 1.45 bits per heavy atom. The molecule has 4 nitrogen and oxygen atoms in total. The van der Waals surface area contributed by atoms with E-state index in [1.54, 1.807) is 0 Å². The van der Waals surface area contributed by atoms with Gasteiger partial charge in [-0.3, -0.25) is 9.69 Å². The molecule has 0 atom stereocenters. The highest BCUT2D eigenvalue weighted by Crippen LogP contribution is 2.38. The fraction of sp³-hybridized carbons (Fsp3) is 0.562. The van der Waals surface area contributed by atoms with Gasteiger partial charge >= 0.3 is 5.97 Å². The Balaban J connectivity index is 2.22. The molecule has 0 aliphatic carbocycles. The van der Waals surface area contributed by atoms with Gasteiger partial charge in [0.2, 0.25) is 0 Å². The van der Waals surface area contributed by atoms with E-state index < -0.39 is 5.97 Å². The van der Waals surface area contributed by atoms with Crippen molar-refractivity contribution in [3.8, 4) is 5.75 Å². The highest BCUT2D eigenvalue weighted by atomic mass is 16.5. The van der Waals surface area contributed by atoms with Crippen LogP contribution < -0.4 is 4.74 Å². The minimum Gasteiger partial charge on any atom is -0.487 e. The maximum Gasteiger partial charge on any atom is 0.317 e. The van der Waals surface area contributed by atoms with Gasteiger partial charge in [0, 0.05) is 24.6 Å². The summed E-state index contributed by atoms with van der Waals surface area (Å²) < 4.78 is 6.04. The molecule has 0 bridgehead atoms. The van der Waals surface area contributed by atoms with E-state index in [0.717, 1.165) is 17.7 Å². The molecule has 1 aromatic rings. The van der Waals surface area contributed by atoms with Crippen molar-refractivity contribution in [3.05, 3.63) is 29.3 Å². The van der Waals surface area contributed by atoms with Crippen LogP contribution in [0.15, 0.2) is 18.2 Å². The molecule has 1 N–H and O–H groups in total. The highest BCUT2D eigenvalue weighted by molar-refractivity contribution is 5.69. The van der Waals surface area contributed by atoms with Gasteiger partial charge in [-0.2, -0.15) is 0 Å². The molecule has 0 unspecified atom stereocenters. The van der Waals surface area contributed by atoms with Crippen molar-refractivity contribution in [2.75, 3.05) is 6.54 Å². The lowest BCUT2D eigenvalue weighted by atomic mass is 10.0. The zero-order chi connectivity index (χ0) is 14.9. The zero-order valence-corrected chi connectivity index (χ0v) is 12.6. The van der Waals surface area contributed by atoms with Gasteiger partial charge in [-0.25, -0.2) is 0 Å². The van der Waals surface area contributed by atoms with Crippen LogP contribution in [0.3, 0.4) is 0 Å². The van der Waals surface area contributed by atoms with Crippen LogP contribution in [0.5, 0.6) is 5.75 Å². The van der Waals surface area contributed by atoms with Gasteiger partial charge in [0.1, 0.15) is 11.4 Å². The molecule has 1 aromatic carbocycles. The van der Waals surface area contributed by atoms with Crippen LogP contribution in [0.4, 0.5) is 0 Å². The zero-order valence-electron chi connectivity index (χ0n) is 12.6. The van der Waals surface area contributed by atoms with Gasteiger partial charge in [-0.15, -0.1) is 0 Å². The SMILES string of the molecule is CC(C)N(CC(=O)O)Cc1cccc2c1OC(C)(C)C2. The predicted octanol–water partition coefficient (Wildman–Crippen LogP) is 2.70. The first-order chi connectivity index (χ1) is 9.28. The Kier molecular flexibility index (Phi) is 4.04. The standard InChI is InChI=1S/C16H23NO3/c1-11(2)17(10-14(18)19)9-13-7-5-6-12-8-16(3,4)20-15(12)13/h5-7,11H,8-10H2,1-4H3,(H,18,19). The average molecular weight is 277 g/mol. The molecule has 0 saturated heterocycles. The van der Waals surface area contributed by atoms with Gasteiger partial charge in [0.15, 0.2) is 0 Å². The molecule has 0 radical (unpaired) electrons. The Morgan fingerprint density at radius 2 is 2.15 bits per heavy atom. The molecular weight excluding hydrogens is 254 g/mol. The second-order valence-electron chi connectivity index (χ2n) is 6.34. The Bertz CT molecular complexity index is 508. The van der Waals surface area contributed by atoms with Crippen molar-refractivity contribution >= 4 is 5.97 Å². The molecule has 2 rings (SSSR count). The van der Waals surface area contributed by atoms with Crippen LogP contribution in [-0.2, 0) is 17.8 Å². The molecule has 0 fully saturated rings. The van der Waals surface area contributed by atoms with Crippen LogP contribution in [0.2, 0.25) is 0 Å². The summed E-state index contributed by atoms with van der Waals surface area (Å²) in [6.45, 7) is 8.82.